The Balaban J connectivity index is 1.76. The first-order valence-corrected chi connectivity index (χ1v) is 7.23. The van der Waals surface area contributed by atoms with Crippen molar-refractivity contribution in [1.82, 2.24) is 9.78 Å². The lowest BCUT2D eigenvalue weighted by molar-refractivity contribution is 0.259. The number of aromatic nitrogens is 2. The first-order chi connectivity index (χ1) is 11.2. The molecular formula is C18H16N4O. The van der Waals surface area contributed by atoms with Crippen molar-refractivity contribution in [3.63, 3.8) is 0 Å². The Morgan fingerprint density at radius 1 is 1.09 bits per heavy atom. The molecule has 0 radical (unpaired) electrons. The Morgan fingerprint density at radius 3 is 2.61 bits per heavy atom. The number of carbonyl (C=O) groups is 1. The summed E-state index contributed by atoms with van der Waals surface area (Å²) in [7, 11) is 0. The van der Waals surface area contributed by atoms with Gasteiger partial charge in [-0.05, 0) is 42.8 Å². The van der Waals surface area contributed by atoms with Crippen LogP contribution >= 0.6 is 0 Å². The summed E-state index contributed by atoms with van der Waals surface area (Å²) in [4.78, 5) is 15.9. The van der Waals surface area contributed by atoms with Crippen molar-refractivity contribution < 1.29 is 4.79 Å². The molecule has 5 nitrogen and oxygen atoms in total. The SMILES string of the molecule is Cc1cccc(NC(=O)N=c2ccn(-c3ccccc3)nc2)c1. The van der Waals surface area contributed by atoms with Gasteiger partial charge in [-0.2, -0.15) is 10.1 Å². The maximum Gasteiger partial charge on any atom is 0.345 e. The van der Waals surface area contributed by atoms with Crippen molar-refractivity contribution in [2.45, 2.75) is 6.92 Å². The smallest absolute Gasteiger partial charge is 0.306 e. The van der Waals surface area contributed by atoms with E-state index in [9.17, 15) is 4.79 Å². The van der Waals surface area contributed by atoms with E-state index in [0.29, 0.717) is 5.36 Å². The van der Waals surface area contributed by atoms with Crippen LogP contribution in [0.2, 0.25) is 0 Å². The van der Waals surface area contributed by atoms with Gasteiger partial charge in [0.25, 0.3) is 0 Å². The number of rotatable bonds is 2. The van der Waals surface area contributed by atoms with Crippen LogP contribution in [0.1, 0.15) is 5.56 Å². The van der Waals surface area contributed by atoms with Crippen LogP contribution in [0.4, 0.5) is 10.5 Å². The molecule has 1 aromatic heterocycles. The van der Waals surface area contributed by atoms with E-state index in [2.05, 4.69) is 15.4 Å². The molecule has 0 bridgehead atoms. The van der Waals surface area contributed by atoms with Gasteiger partial charge >= 0.3 is 6.03 Å². The lowest BCUT2D eigenvalue weighted by Gasteiger charge is -2.04. The molecule has 0 aliphatic carbocycles. The van der Waals surface area contributed by atoms with Crippen LogP contribution in [0.15, 0.2) is 78.0 Å². The predicted molar refractivity (Wildman–Crippen MR) is 89.3 cm³/mol. The van der Waals surface area contributed by atoms with Gasteiger partial charge in [0.2, 0.25) is 0 Å². The fourth-order valence-corrected chi connectivity index (χ4v) is 2.14. The highest BCUT2D eigenvalue weighted by Gasteiger charge is 2.00. The maximum atomic E-state index is 11.9. The number of amides is 2. The third-order valence-corrected chi connectivity index (χ3v) is 3.22. The summed E-state index contributed by atoms with van der Waals surface area (Å²) in [6.07, 6.45) is 3.33. The minimum Gasteiger partial charge on any atom is -0.306 e. The molecule has 0 atom stereocenters. The van der Waals surface area contributed by atoms with E-state index in [0.717, 1.165) is 16.9 Å². The molecule has 114 valence electrons. The molecule has 3 aromatic rings. The average molecular weight is 304 g/mol. The van der Waals surface area contributed by atoms with E-state index in [1.807, 2.05) is 61.5 Å². The molecule has 0 unspecified atom stereocenters. The zero-order chi connectivity index (χ0) is 16.1. The molecule has 0 aliphatic rings. The minimum absolute atomic E-state index is 0.421. The normalized spacial score (nSPS) is 11.3. The summed E-state index contributed by atoms with van der Waals surface area (Å²) < 4.78 is 1.72. The maximum absolute atomic E-state index is 11.9. The topological polar surface area (TPSA) is 59.3 Å². The van der Waals surface area contributed by atoms with Crippen LogP contribution in [-0.4, -0.2) is 15.8 Å². The second-order valence-corrected chi connectivity index (χ2v) is 5.08. The lowest BCUT2D eigenvalue weighted by atomic mass is 10.2. The molecular weight excluding hydrogens is 288 g/mol. The molecule has 0 saturated heterocycles. The number of carbonyl (C=O) groups excluding carboxylic acids is 1. The highest BCUT2D eigenvalue weighted by Crippen LogP contribution is 2.09. The van der Waals surface area contributed by atoms with Crippen LogP contribution < -0.4 is 10.7 Å². The summed E-state index contributed by atoms with van der Waals surface area (Å²) in [5.41, 5.74) is 2.75. The lowest BCUT2D eigenvalue weighted by Crippen LogP contribution is -2.14. The second kappa shape index (κ2) is 6.70. The molecule has 0 aliphatic heterocycles. The van der Waals surface area contributed by atoms with Gasteiger partial charge in [0.15, 0.2) is 0 Å². The number of para-hydroxylation sites is 1. The van der Waals surface area contributed by atoms with E-state index in [-0.39, 0.29) is 0 Å². The number of urea groups is 1. The molecule has 0 fully saturated rings. The van der Waals surface area contributed by atoms with Gasteiger partial charge in [0, 0.05) is 11.9 Å². The first kappa shape index (κ1) is 14.7. The second-order valence-electron chi connectivity index (χ2n) is 5.08. The third-order valence-electron chi connectivity index (χ3n) is 3.22. The standard InChI is InChI=1S/C18H16N4O/c1-14-6-5-7-15(12-14)20-18(23)21-16-10-11-22(19-13-16)17-8-3-2-4-9-17/h2-13H,1H3,(H,20,23). The van der Waals surface area contributed by atoms with Gasteiger partial charge in [-0.3, -0.25) is 0 Å². The molecule has 1 heterocycles. The van der Waals surface area contributed by atoms with Crippen molar-refractivity contribution in [1.29, 1.82) is 0 Å². The molecule has 1 N–H and O–H groups in total. The molecule has 3 rings (SSSR count). The van der Waals surface area contributed by atoms with Crippen molar-refractivity contribution in [2.24, 2.45) is 4.99 Å². The highest BCUT2D eigenvalue weighted by molar-refractivity contribution is 5.89. The predicted octanol–water partition coefficient (Wildman–Crippen LogP) is 3.31. The van der Waals surface area contributed by atoms with Crippen LogP contribution in [0, 0.1) is 6.92 Å². The summed E-state index contributed by atoms with van der Waals surface area (Å²) >= 11 is 0. The van der Waals surface area contributed by atoms with E-state index in [4.69, 9.17) is 0 Å². The monoisotopic (exact) mass is 304 g/mol. The zero-order valence-electron chi connectivity index (χ0n) is 12.7. The van der Waals surface area contributed by atoms with Gasteiger partial charge in [0.1, 0.15) is 0 Å². The average Bonchev–Trinajstić information content (AvgIpc) is 2.56. The Kier molecular flexibility index (Phi) is 4.29. The number of nitrogens with one attached hydrogen (secondary N) is 1. The summed E-state index contributed by atoms with van der Waals surface area (Å²) in [6, 6.07) is 18.6. The quantitative estimate of drug-likeness (QED) is 0.789. The van der Waals surface area contributed by atoms with Gasteiger partial charge in [-0.25, -0.2) is 9.48 Å². The van der Waals surface area contributed by atoms with Gasteiger partial charge in [-0.1, -0.05) is 30.3 Å². The van der Waals surface area contributed by atoms with Crippen molar-refractivity contribution in [2.75, 3.05) is 5.32 Å². The molecule has 0 spiro atoms. The summed E-state index contributed by atoms with van der Waals surface area (Å²) in [6.45, 7) is 1.97. The summed E-state index contributed by atoms with van der Waals surface area (Å²) in [5.74, 6) is 0. The van der Waals surface area contributed by atoms with Crippen molar-refractivity contribution in [3.05, 3.63) is 84.0 Å². The fraction of sp³-hybridized carbons (Fsp3) is 0.0556. The van der Waals surface area contributed by atoms with E-state index in [1.54, 1.807) is 23.1 Å². The van der Waals surface area contributed by atoms with Crippen LogP contribution in [0.25, 0.3) is 5.69 Å². The number of aryl methyl sites for hydroxylation is 1. The van der Waals surface area contributed by atoms with Gasteiger partial charge in [0.05, 0.1) is 17.2 Å². The molecule has 2 aromatic carbocycles. The van der Waals surface area contributed by atoms with Crippen molar-refractivity contribution in [3.8, 4) is 5.69 Å². The largest absolute Gasteiger partial charge is 0.345 e. The van der Waals surface area contributed by atoms with Crippen LogP contribution in [0.5, 0.6) is 0 Å². The number of benzene rings is 2. The Hall–Kier alpha value is -3.21. The Morgan fingerprint density at radius 2 is 1.91 bits per heavy atom. The van der Waals surface area contributed by atoms with Gasteiger partial charge in [-0.15, -0.1) is 0 Å². The fourth-order valence-electron chi connectivity index (χ4n) is 2.14. The third kappa shape index (κ3) is 3.91. The first-order valence-electron chi connectivity index (χ1n) is 7.23. The number of nitrogens with zero attached hydrogens (tertiary/aromatic N) is 3. The van der Waals surface area contributed by atoms with Crippen LogP contribution in [0.3, 0.4) is 0 Å². The minimum atomic E-state index is -0.421. The molecule has 5 heteroatoms. The molecule has 2 amide bonds. The van der Waals surface area contributed by atoms with Crippen molar-refractivity contribution >= 4 is 11.7 Å². The molecule has 23 heavy (non-hydrogen) atoms. The van der Waals surface area contributed by atoms with Gasteiger partial charge < -0.3 is 5.32 Å². The number of hydrogen-bond donors (Lipinski definition) is 1. The zero-order valence-corrected chi connectivity index (χ0v) is 12.7. The number of hydrogen-bond acceptors (Lipinski definition) is 2. The Labute approximate surface area is 133 Å². The highest BCUT2D eigenvalue weighted by atomic mass is 16.2. The van der Waals surface area contributed by atoms with E-state index < -0.39 is 6.03 Å². The van der Waals surface area contributed by atoms with Crippen LogP contribution in [-0.2, 0) is 0 Å². The van der Waals surface area contributed by atoms with E-state index >= 15 is 0 Å². The number of anilines is 1. The van der Waals surface area contributed by atoms with E-state index in [1.165, 1.54) is 0 Å². The Bertz CT molecular complexity index is 864. The molecule has 0 saturated carbocycles. The summed E-state index contributed by atoms with van der Waals surface area (Å²) in [5, 5.41) is 7.51.